The van der Waals surface area contributed by atoms with Crippen LogP contribution in [0.4, 0.5) is 0 Å². The van der Waals surface area contributed by atoms with Crippen LogP contribution >= 0.6 is 0 Å². The van der Waals surface area contributed by atoms with E-state index in [4.69, 9.17) is 5.73 Å². The quantitative estimate of drug-likeness (QED) is 0.864. The van der Waals surface area contributed by atoms with Crippen molar-refractivity contribution in [1.29, 1.82) is 0 Å². The highest BCUT2D eigenvalue weighted by atomic mass is 15.1. The summed E-state index contributed by atoms with van der Waals surface area (Å²) >= 11 is 0. The van der Waals surface area contributed by atoms with Crippen molar-refractivity contribution in [3.63, 3.8) is 0 Å². The molecule has 0 aromatic heterocycles. The third-order valence-electron chi connectivity index (χ3n) is 4.16. The highest BCUT2D eigenvalue weighted by Gasteiger charge is 2.25. The van der Waals surface area contributed by atoms with Crippen LogP contribution in [-0.4, -0.2) is 23.5 Å². The second kappa shape index (κ2) is 5.19. The first-order valence-corrected chi connectivity index (χ1v) is 6.75. The molecule has 1 aromatic rings. The maximum absolute atomic E-state index is 6.41. The van der Waals surface area contributed by atoms with Crippen molar-refractivity contribution in [2.24, 2.45) is 5.73 Å². The SMILES string of the molecule is CCC(N)(CC)CN1CCc2ccccc2C1. The predicted octanol–water partition coefficient (Wildman–Crippen LogP) is 2.56. The number of hydrogen-bond acceptors (Lipinski definition) is 2. The molecule has 1 heterocycles. The van der Waals surface area contributed by atoms with Gasteiger partial charge in [0.1, 0.15) is 0 Å². The Morgan fingerprint density at radius 2 is 1.82 bits per heavy atom. The van der Waals surface area contributed by atoms with E-state index in [1.165, 1.54) is 17.5 Å². The van der Waals surface area contributed by atoms with E-state index in [0.717, 1.165) is 32.5 Å². The zero-order valence-corrected chi connectivity index (χ0v) is 11.1. The van der Waals surface area contributed by atoms with Crippen molar-refractivity contribution in [2.75, 3.05) is 13.1 Å². The van der Waals surface area contributed by atoms with Gasteiger partial charge < -0.3 is 5.73 Å². The van der Waals surface area contributed by atoms with Gasteiger partial charge in [-0.25, -0.2) is 0 Å². The van der Waals surface area contributed by atoms with Crippen molar-refractivity contribution < 1.29 is 0 Å². The van der Waals surface area contributed by atoms with E-state index in [2.05, 4.69) is 43.0 Å². The predicted molar refractivity (Wildman–Crippen MR) is 72.9 cm³/mol. The lowest BCUT2D eigenvalue weighted by molar-refractivity contribution is 0.185. The molecule has 0 spiro atoms. The van der Waals surface area contributed by atoms with Crippen LogP contribution in [0.3, 0.4) is 0 Å². The van der Waals surface area contributed by atoms with Gasteiger partial charge in [-0.15, -0.1) is 0 Å². The Kier molecular flexibility index (Phi) is 3.85. The van der Waals surface area contributed by atoms with Gasteiger partial charge in [-0.1, -0.05) is 38.1 Å². The van der Waals surface area contributed by atoms with Gasteiger partial charge in [0.2, 0.25) is 0 Å². The molecule has 2 nitrogen and oxygen atoms in total. The Morgan fingerprint density at radius 3 is 2.47 bits per heavy atom. The first-order chi connectivity index (χ1) is 8.17. The van der Waals surface area contributed by atoms with E-state index >= 15 is 0 Å². The van der Waals surface area contributed by atoms with E-state index in [-0.39, 0.29) is 5.54 Å². The van der Waals surface area contributed by atoms with Crippen LogP contribution in [0, 0.1) is 0 Å². The summed E-state index contributed by atoms with van der Waals surface area (Å²) in [6, 6.07) is 8.77. The van der Waals surface area contributed by atoms with Crippen molar-refractivity contribution >= 4 is 0 Å². The molecule has 0 aliphatic carbocycles. The van der Waals surface area contributed by atoms with Crippen LogP contribution in [0.25, 0.3) is 0 Å². The second-order valence-electron chi connectivity index (χ2n) is 5.30. The first-order valence-electron chi connectivity index (χ1n) is 6.75. The molecule has 0 radical (unpaired) electrons. The van der Waals surface area contributed by atoms with Gasteiger partial charge in [0, 0.05) is 25.2 Å². The molecule has 17 heavy (non-hydrogen) atoms. The number of fused-ring (bicyclic) bond motifs is 1. The van der Waals surface area contributed by atoms with E-state index in [0.29, 0.717) is 0 Å². The van der Waals surface area contributed by atoms with Gasteiger partial charge in [0.25, 0.3) is 0 Å². The van der Waals surface area contributed by atoms with E-state index in [1.54, 1.807) is 0 Å². The molecule has 0 amide bonds. The Morgan fingerprint density at radius 1 is 1.18 bits per heavy atom. The minimum Gasteiger partial charge on any atom is -0.324 e. The van der Waals surface area contributed by atoms with E-state index in [9.17, 15) is 0 Å². The first kappa shape index (κ1) is 12.6. The van der Waals surface area contributed by atoms with Crippen LogP contribution in [0.1, 0.15) is 37.8 Å². The van der Waals surface area contributed by atoms with Crippen molar-refractivity contribution in [1.82, 2.24) is 4.90 Å². The summed E-state index contributed by atoms with van der Waals surface area (Å²) in [5.74, 6) is 0. The molecule has 0 fully saturated rings. The molecule has 2 rings (SSSR count). The number of rotatable bonds is 4. The lowest BCUT2D eigenvalue weighted by atomic mass is 9.91. The molecule has 0 saturated carbocycles. The van der Waals surface area contributed by atoms with Crippen molar-refractivity contribution in [3.05, 3.63) is 35.4 Å². The van der Waals surface area contributed by atoms with Gasteiger partial charge in [0.15, 0.2) is 0 Å². The summed E-state index contributed by atoms with van der Waals surface area (Å²) in [4.78, 5) is 2.51. The van der Waals surface area contributed by atoms with Crippen LogP contribution in [0.2, 0.25) is 0 Å². The Bertz CT molecular complexity index is 369. The third-order valence-corrected chi connectivity index (χ3v) is 4.16. The average Bonchev–Trinajstić information content (AvgIpc) is 2.38. The monoisotopic (exact) mass is 232 g/mol. The third kappa shape index (κ3) is 2.88. The summed E-state index contributed by atoms with van der Waals surface area (Å²) in [5, 5.41) is 0. The van der Waals surface area contributed by atoms with E-state index < -0.39 is 0 Å². The van der Waals surface area contributed by atoms with Gasteiger partial charge in [-0.3, -0.25) is 4.90 Å². The molecular weight excluding hydrogens is 208 g/mol. The second-order valence-corrected chi connectivity index (χ2v) is 5.30. The summed E-state index contributed by atoms with van der Waals surface area (Å²) in [5.41, 5.74) is 9.39. The smallest absolute Gasteiger partial charge is 0.0278 e. The topological polar surface area (TPSA) is 29.3 Å². The maximum atomic E-state index is 6.41. The summed E-state index contributed by atoms with van der Waals surface area (Å²) < 4.78 is 0. The molecule has 2 N–H and O–H groups in total. The van der Waals surface area contributed by atoms with Gasteiger partial charge in [0.05, 0.1) is 0 Å². The fourth-order valence-corrected chi connectivity index (χ4v) is 2.61. The van der Waals surface area contributed by atoms with Gasteiger partial charge in [-0.05, 0) is 30.4 Å². The Balaban J connectivity index is 2.03. The largest absolute Gasteiger partial charge is 0.324 e. The molecule has 0 saturated heterocycles. The molecule has 0 unspecified atom stereocenters. The molecule has 0 atom stereocenters. The number of benzene rings is 1. The van der Waals surface area contributed by atoms with Crippen LogP contribution in [-0.2, 0) is 13.0 Å². The highest BCUT2D eigenvalue weighted by molar-refractivity contribution is 5.29. The average molecular weight is 232 g/mol. The van der Waals surface area contributed by atoms with E-state index in [1.807, 2.05) is 0 Å². The van der Waals surface area contributed by atoms with Crippen molar-refractivity contribution in [3.8, 4) is 0 Å². The normalized spacial score (nSPS) is 16.9. The van der Waals surface area contributed by atoms with Gasteiger partial charge >= 0.3 is 0 Å². The Hall–Kier alpha value is -0.860. The zero-order valence-electron chi connectivity index (χ0n) is 11.1. The summed E-state index contributed by atoms with van der Waals surface area (Å²) in [7, 11) is 0. The minimum atomic E-state index is -0.00766. The van der Waals surface area contributed by atoms with Crippen LogP contribution < -0.4 is 5.73 Å². The molecule has 1 aliphatic heterocycles. The maximum Gasteiger partial charge on any atom is 0.0278 e. The standard InChI is InChI=1S/C15H24N2/c1-3-15(16,4-2)12-17-10-9-13-7-5-6-8-14(13)11-17/h5-8H,3-4,9-12,16H2,1-2H3. The molecule has 1 aromatic carbocycles. The number of nitrogens with zero attached hydrogens (tertiary/aromatic N) is 1. The van der Waals surface area contributed by atoms with Crippen LogP contribution in [0.5, 0.6) is 0 Å². The van der Waals surface area contributed by atoms with Crippen LogP contribution in [0.15, 0.2) is 24.3 Å². The molecule has 1 aliphatic rings. The lowest BCUT2D eigenvalue weighted by Crippen LogP contribution is -2.50. The highest BCUT2D eigenvalue weighted by Crippen LogP contribution is 2.21. The number of nitrogens with two attached hydrogens (primary N) is 1. The summed E-state index contributed by atoms with van der Waals surface area (Å²) in [6.07, 6.45) is 3.28. The fourth-order valence-electron chi connectivity index (χ4n) is 2.61. The Labute approximate surface area is 105 Å². The minimum absolute atomic E-state index is 0.00766. The zero-order chi connectivity index (χ0) is 12.3. The molecule has 94 valence electrons. The fraction of sp³-hybridized carbons (Fsp3) is 0.600. The number of hydrogen-bond donors (Lipinski definition) is 1. The van der Waals surface area contributed by atoms with Crippen molar-refractivity contribution in [2.45, 2.75) is 45.2 Å². The molecule has 0 bridgehead atoms. The lowest BCUT2D eigenvalue weighted by Gasteiger charge is -2.36. The summed E-state index contributed by atoms with van der Waals surface area (Å²) in [6.45, 7) is 7.63. The molecular formula is C15H24N2. The molecule has 2 heteroatoms. The van der Waals surface area contributed by atoms with Gasteiger partial charge in [-0.2, -0.15) is 0 Å².